The molecule has 0 radical (unpaired) electrons. The van der Waals surface area contributed by atoms with Gasteiger partial charge < -0.3 is 10.6 Å². The third-order valence-electron chi connectivity index (χ3n) is 5.28. The second-order valence-corrected chi connectivity index (χ2v) is 8.21. The Morgan fingerprint density at radius 1 is 0.771 bits per heavy atom. The lowest BCUT2D eigenvalue weighted by Crippen LogP contribution is -2.24. The number of rotatable bonds is 5. The number of hydrogen-bond acceptors (Lipinski definition) is 8. The van der Waals surface area contributed by atoms with E-state index in [-0.39, 0.29) is 18.2 Å². The summed E-state index contributed by atoms with van der Waals surface area (Å²) in [6.45, 7) is 7.68. The largest absolute Gasteiger partial charge is 0.345 e. The maximum Gasteiger partial charge on any atom is 0.295 e. The fourth-order valence-electron chi connectivity index (χ4n) is 3.73. The molecule has 1 aromatic carbocycles. The highest BCUT2D eigenvalue weighted by Gasteiger charge is 2.17. The maximum atomic E-state index is 12.7. The van der Waals surface area contributed by atoms with E-state index in [2.05, 4.69) is 40.8 Å². The van der Waals surface area contributed by atoms with Gasteiger partial charge in [-0.3, -0.25) is 9.59 Å². The Morgan fingerprint density at radius 3 is 1.94 bits per heavy atom. The first-order valence-electron chi connectivity index (χ1n) is 10.9. The molecule has 12 nitrogen and oxygen atoms in total. The SMILES string of the molecule is Cc1cc(C)n2nc(C(=O)NCc3cccc(NC(=O)c4nc5nc(C)cc(C)n5n4)c3)nc2n1. The molecule has 4 aromatic heterocycles. The Hall–Kier alpha value is -4.74. The lowest BCUT2D eigenvalue weighted by Gasteiger charge is -2.07. The average Bonchev–Trinajstić information content (AvgIpc) is 3.43. The van der Waals surface area contributed by atoms with Gasteiger partial charge in [-0.25, -0.2) is 19.0 Å². The molecule has 0 bridgehead atoms. The van der Waals surface area contributed by atoms with Gasteiger partial charge >= 0.3 is 0 Å². The van der Waals surface area contributed by atoms with Crippen LogP contribution >= 0.6 is 0 Å². The third-order valence-corrected chi connectivity index (χ3v) is 5.28. The van der Waals surface area contributed by atoms with E-state index in [9.17, 15) is 9.59 Å². The van der Waals surface area contributed by atoms with Crippen LogP contribution < -0.4 is 10.6 Å². The van der Waals surface area contributed by atoms with Crippen molar-refractivity contribution in [1.29, 1.82) is 0 Å². The van der Waals surface area contributed by atoms with Crippen LogP contribution in [0.25, 0.3) is 11.6 Å². The highest BCUT2D eigenvalue weighted by atomic mass is 16.2. The Balaban J connectivity index is 1.27. The third kappa shape index (κ3) is 4.40. The molecule has 2 N–H and O–H groups in total. The summed E-state index contributed by atoms with van der Waals surface area (Å²) in [7, 11) is 0. The number of carbonyl (C=O) groups excluding carboxylic acids is 2. The van der Waals surface area contributed by atoms with Crippen molar-refractivity contribution in [2.24, 2.45) is 0 Å². The quantitative estimate of drug-likeness (QED) is 0.397. The number of benzene rings is 1. The Kier molecular flexibility index (Phi) is 5.40. The number of anilines is 1. The first kappa shape index (κ1) is 22.1. The smallest absolute Gasteiger partial charge is 0.295 e. The van der Waals surface area contributed by atoms with E-state index in [1.54, 1.807) is 18.2 Å². The molecule has 5 aromatic rings. The number of carbonyl (C=O) groups is 2. The highest BCUT2D eigenvalue weighted by Crippen LogP contribution is 2.13. The van der Waals surface area contributed by atoms with E-state index in [0.29, 0.717) is 17.2 Å². The van der Waals surface area contributed by atoms with Gasteiger partial charge in [-0.15, -0.1) is 10.2 Å². The van der Waals surface area contributed by atoms with E-state index < -0.39 is 11.8 Å². The molecule has 0 fully saturated rings. The predicted molar refractivity (Wildman–Crippen MR) is 126 cm³/mol. The van der Waals surface area contributed by atoms with Crippen LogP contribution in [0.3, 0.4) is 0 Å². The van der Waals surface area contributed by atoms with Crippen molar-refractivity contribution in [2.75, 3.05) is 5.32 Å². The van der Waals surface area contributed by atoms with E-state index >= 15 is 0 Å². The molecule has 12 heteroatoms. The molecule has 0 aliphatic rings. The topological polar surface area (TPSA) is 144 Å². The minimum Gasteiger partial charge on any atom is -0.345 e. The highest BCUT2D eigenvalue weighted by molar-refractivity contribution is 6.01. The number of hydrogen-bond donors (Lipinski definition) is 2. The van der Waals surface area contributed by atoms with E-state index in [1.807, 2.05) is 45.9 Å². The first-order valence-corrected chi connectivity index (χ1v) is 10.9. The van der Waals surface area contributed by atoms with Gasteiger partial charge in [0.25, 0.3) is 23.4 Å². The molecule has 2 amide bonds. The summed E-state index contributed by atoms with van der Waals surface area (Å²) in [6, 6.07) is 10.8. The fourth-order valence-corrected chi connectivity index (χ4v) is 3.73. The number of amides is 2. The molecule has 176 valence electrons. The van der Waals surface area contributed by atoms with E-state index in [4.69, 9.17) is 0 Å². The maximum absolute atomic E-state index is 12.7. The fraction of sp³-hybridized carbons (Fsp3) is 0.217. The number of fused-ring (bicyclic) bond motifs is 2. The number of aryl methyl sites for hydroxylation is 4. The number of aromatic nitrogens is 8. The average molecular weight is 470 g/mol. The van der Waals surface area contributed by atoms with Crippen LogP contribution in [0.2, 0.25) is 0 Å². The molecule has 0 saturated carbocycles. The summed E-state index contributed by atoms with van der Waals surface area (Å²) >= 11 is 0. The van der Waals surface area contributed by atoms with Gasteiger partial charge in [0.2, 0.25) is 11.6 Å². The van der Waals surface area contributed by atoms with Crippen LogP contribution in [-0.2, 0) is 6.54 Å². The standard InChI is InChI=1S/C23H22N10O2/c1-12-8-14(3)32-22(25-12)28-18(30-32)20(34)24-11-16-6-5-7-17(10-16)27-21(35)19-29-23-26-13(2)9-15(4)33(23)31-19/h5-10H,11H2,1-4H3,(H,24,34)(H,27,35). The molecule has 0 aliphatic heterocycles. The van der Waals surface area contributed by atoms with Crippen molar-refractivity contribution in [1.82, 2.24) is 44.5 Å². The zero-order valence-electron chi connectivity index (χ0n) is 19.6. The summed E-state index contributed by atoms with van der Waals surface area (Å²) in [5, 5.41) is 14.1. The molecule has 0 aliphatic carbocycles. The van der Waals surface area contributed by atoms with Crippen molar-refractivity contribution in [3.05, 3.63) is 76.4 Å². The van der Waals surface area contributed by atoms with Crippen LogP contribution in [0, 0.1) is 27.7 Å². The molecule has 0 unspecified atom stereocenters. The Morgan fingerprint density at radius 2 is 1.34 bits per heavy atom. The van der Waals surface area contributed by atoms with Gasteiger partial charge in [0.05, 0.1) is 0 Å². The van der Waals surface area contributed by atoms with Crippen molar-refractivity contribution in [3.8, 4) is 0 Å². The van der Waals surface area contributed by atoms with Gasteiger partial charge in [-0.1, -0.05) is 12.1 Å². The number of nitrogens with zero attached hydrogens (tertiary/aromatic N) is 8. The molecule has 35 heavy (non-hydrogen) atoms. The van der Waals surface area contributed by atoms with Crippen molar-refractivity contribution in [3.63, 3.8) is 0 Å². The molecule has 4 heterocycles. The van der Waals surface area contributed by atoms with Gasteiger partial charge in [0, 0.05) is 35.0 Å². The lowest BCUT2D eigenvalue weighted by molar-refractivity contribution is 0.0939. The molecule has 0 spiro atoms. The van der Waals surface area contributed by atoms with E-state index in [0.717, 1.165) is 28.3 Å². The Bertz CT molecular complexity index is 1620. The summed E-state index contributed by atoms with van der Waals surface area (Å²) in [6.07, 6.45) is 0. The zero-order chi connectivity index (χ0) is 24.7. The summed E-state index contributed by atoms with van der Waals surface area (Å²) in [5.74, 6) is -0.0896. The molecule has 5 rings (SSSR count). The van der Waals surface area contributed by atoms with Crippen molar-refractivity contribution in [2.45, 2.75) is 34.2 Å². The summed E-state index contributed by atoms with van der Waals surface area (Å²) in [4.78, 5) is 42.3. The lowest BCUT2D eigenvalue weighted by atomic mass is 10.2. The zero-order valence-corrected chi connectivity index (χ0v) is 19.6. The number of nitrogens with one attached hydrogen (secondary N) is 2. The second-order valence-electron chi connectivity index (χ2n) is 8.21. The summed E-state index contributed by atoms with van der Waals surface area (Å²) in [5.41, 5.74) is 4.59. The van der Waals surface area contributed by atoms with Crippen LogP contribution in [0.5, 0.6) is 0 Å². The van der Waals surface area contributed by atoms with Crippen molar-refractivity contribution < 1.29 is 9.59 Å². The van der Waals surface area contributed by atoms with Crippen LogP contribution in [0.4, 0.5) is 5.69 Å². The Labute approximate surface area is 199 Å². The minimum atomic E-state index is -0.458. The normalized spacial score (nSPS) is 11.2. The van der Waals surface area contributed by atoms with Gasteiger partial charge in [-0.2, -0.15) is 9.97 Å². The second kappa shape index (κ2) is 8.56. The van der Waals surface area contributed by atoms with Crippen LogP contribution in [0.1, 0.15) is 49.6 Å². The molecular formula is C23H22N10O2. The van der Waals surface area contributed by atoms with Crippen LogP contribution in [0.15, 0.2) is 36.4 Å². The first-order chi connectivity index (χ1) is 16.8. The van der Waals surface area contributed by atoms with E-state index in [1.165, 1.54) is 9.03 Å². The van der Waals surface area contributed by atoms with Crippen molar-refractivity contribution >= 4 is 29.1 Å². The molecular weight excluding hydrogens is 448 g/mol. The molecule has 0 saturated heterocycles. The van der Waals surface area contributed by atoms with Gasteiger partial charge in [0.1, 0.15) is 0 Å². The predicted octanol–water partition coefficient (Wildman–Crippen LogP) is 1.98. The summed E-state index contributed by atoms with van der Waals surface area (Å²) < 4.78 is 3.06. The van der Waals surface area contributed by atoms with Crippen LogP contribution in [-0.4, -0.2) is 51.0 Å². The molecule has 0 atom stereocenters. The van der Waals surface area contributed by atoms with Gasteiger partial charge in [-0.05, 0) is 57.5 Å². The van der Waals surface area contributed by atoms with Gasteiger partial charge in [0.15, 0.2) is 0 Å². The monoisotopic (exact) mass is 470 g/mol. The minimum absolute atomic E-state index is 0.0157.